The molecule has 0 aliphatic carbocycles. The second-order valence-electron chi connectivity index (χ2n) is 6.68. The van der Waals surface area contributed by atoms with E-state index in [-0.39, 0.29) is 24.0 Å². The number of halogens is 1. The van der Waals surface area contributed by atoms with Gasteiger partial charge in [0.1, 0.15) is 0 Å². The molecular formula is C17H27IN6. The predicted molar refractivity (Wildman–Crippen MR) is 108 cm³/mol. The van der Waals surface area contributed by atoms with Crippen molar-refractivity contribution in [2.24, 2.45) is 16.8 Å². The molecule has 0 saturated carbocycles. The summed E-state index contributed by atoms with van der Waals surface area (Å²) in [6.45, 7) is 7.40. The molecule has 1 aliphatic heterocycles. The van der Waals surface area contributed by atoms with Gasteiger partial charge in [0.2, 0.25) is 0 Å². The first-order valence-electron chi connectivity index (χ1n) is 8.41. The summed E-state index contributed by atoms with van der Waals surface area (Å²) in [6.07, 6.45) is 4.54. The first-order valence-corrected chi connectivity index (χ1v) is 8.41. The molecule has 0 radical (unpaired) electrons. The molecule has 0 spiro atoms. The fourth-order valence-corrected chi connectivity index (χ4v) is 3.39. The van der Waals surface area contributed by atoms with E-state index in [1.54, 1.807) is 0 Å². The standard InChI is InChI=1S/C17H26N6.HI/c1-13(2)10-14-7-9-22(12-14)17(18-3)19-11-16-21-20-15-6-4-5-8-23(15)16;/h4-6,8,13-14H,7,9-12H2,1-3H3,(H,18,19);1H. The number of rotatable bonds is 4. The smallest absolute Gasteiger partial charge is 0.194 e. The van der Waals surface area contributed by atoms with Crippen LogP contribution in [-0.4, -0.2) is 45.6 Å². The topological polar surface area (TPSA) is 57.8 Å². The quantitative estimate of drug-likeness (QED) is 0.450. The number of hydrogen-bond donors (Lipinski definition) is 1. The van der Waals surface area contributed by atoms with Crippen molar-refractivity contribution >= 4 is 35.6 Å². The van der Waals surface area contributed by atoms with Crippen molar-refractivity contribution in [3.05, 3.63) is 30.2 Å². The lowest BCUT2D eigenvalue weighted by Crippen LogP contribution is -2.40. The summed E-state index contributed by atoms with van der Waals surface area (Å²) in [4.78, 5) is 6.79. The Morgan fingerprint density at radius 2 is 2.21 bits per heavy atom. The third-order valence-electron chi connectivity index (χ3n) is 4.39. The summed E-state index contributed by atoms with van der Waals surface area (Å²) >= 11 is 0. The van der Waals surface area contributed by atoms with E-state index >= 15 is 0 Å². The van der Waals surface area contributed by atoms with Crippen LogP contribution in [0.15, 0.2) is 29.4 Å². The third-order valence-corrected chi connectivity index (χ3v) is 4.39. The zero-order chi connectivity index (χ0) is 16.2. The van der Waals surface area contributed by atoms with Gasteiger partial charge in [0.25, 0.3) is 0 Å². The van der Waals surface area contributed by atoms with Crippen molar-refractivity contribution in [1.82, 2.24) is 24.8 Å². The summed E-state index contributed by atoms with van der Waals surface area (Å²) in [5.41, 5.74) is 0.873. The van der Waals surface area contributed by atoms with E-state index in [0.29, 0.717) is 6.54 Å². The molecule has 2 aromatic heterocycles. The average Bonchev–Trinajstić information content (AvgIpc) is 3.15. The molecule has 1 saturated heterocycles. The zero-order valence-electron chi connectivity index (χ0n) is 14.6. The van der Waals surface area contributed by atoms with Gasteiger partial charge in [-0.3, -0.25) is 9.39 Å². The van der Waals surface area contributed by atoms with Crippen molar-refractivity contribution in [2.75, 3.05) is 20.1 Å². The number of guanidine groups is 1. The molecule has 132 valence electrons. The third kappa shape index (κ3) is 4.37. The maximum atomic E-state index is 4.44. The second kappa shape index (κ2) is 8.64. The van der Waals surface area contributed by atoms with Gasteiger partial charge in [0.15, 0.2) is 17.4 Å². The molecule has 24 heavy (non-hydrogen) atoms. The molecule has 1 fully saturated rings. The number of pyridine rings is 1. The van der Waals surface area contributed by atoms with Gasteiger partial charge >= 0.3 is 0 Å². The van der Waals surface area contributed by atoms with Gasteiger partial charge < -0.3 is 10.2 Å². The van der Waals surface area contributed by atoms with E-state index in [1.165, 1.54) is 12.8 Å². The monoisotopic (exact) mass is 442 g/mol. The molecule has 6 nitrogen and oxygen atoms in total. The van der Waals surface area contributed by atoms with Crippen molar-refractivity contribution in [3.8, 4) is 0 Å². The minimum atomic E-state index is 0. The fraction of sp³-hybridized carbons (Fsp3) is 0.588. The van der Waals surface area contributed by atoms with Crippen LogP contribution in [0.5, 0.6) is 0 Å². The van der Waals surface area contributed by atoms with Crippen molar-refractivity contribution in [1.29, 1.82) is 0 Å². The Balaban J connectivity index is 0.00000208. The minimum absolute atomic E-state index is 0. The number of fused-ring (bicyclic) bond motifs is 1. The number of aliphatic imine (C=N–C) groups is 1. The van der Waals surface area contributed by atoms with Crippen LogP contribution < -0.4 is 5.32 Å². The Morgan fingerprint density at radius 3 is 2.96 bits per heavy atom. The highest BCUT2D eigenvalue weighted by atomic mass is 127. The Hall–Kier alpha value is -1.38. The maximum absolute atomic E-state index is 4.44. The highest BCUT2D eigenvalue weighted by Crippen LogP contribution is 2.23. The Morgan fingerprint density at radius 1 is 1.38 bits per heavy atom. The van der Waals surface area contributed by atoms with E-state index < -0.39 is 0 Å². The van der Waals surface area contributed by atoms with E-state index in [0.717, 1.165) is 42.4 Å². The van der Waals surface area contributed by atoms with Gasteiger partial charge in [-0.05, 0) is 36.8 Å². The summed E-state index contributed by atoms with van der Waals surface area (Å²) in [5.74, 6) is 3.41. The van der Waals surface area contributed by atoms with Crippen LogP contribution in [0.1, 0.15) is 32.5 Å². The second-order valence-corrected chi connectivity index (χ2v) is 6.68. The van der Waals surface area contributed by atoms with E-state index in [2.05, 4.69) is 39.3 Å². The first kappa shape index (κ1) is 19.0. The van der Waals surface area contributed by atoms with Crippen LogP contribution in [0.3, 0.4) is 0 Å². The zero-order valence-corrected chi connectivity index (χ0v) is 17.0. The van der Waals surface area contributed by atoms with Crippen LogP contribution in [0.25, 0.3) is 5.65 Å². The van der Waals surface area contributed by atoms with Crippen LogP contribution in [-0.2, 0) is 6.54 Å². The van der Waals surface area contributed by atoms with E-state index in [4.69, 9.17) is 0 Å². The number of likely N-dealkylation sites (tertiary alicyclic amines) is 1. The Kier molecular flexibility index (Phi) is 6.82. The van der Waals surface area contributed by atoms with Crippen LogP contribution >= 0.6 is 24.0 Å². The number of aromatic nitrogens is 3. The minimum Gasteiger partial charge on any atom is -0.349 e. The average molecular weight is 442 g/mol. The van der Waals surface area contributed by atoms with Crippen molar-refractivity contribution in [3.63, 3.8) is 0 Å². The Labute approximate surface area is 160 Å². The molecule has 1 atom stereocenters. The Bertz CT molecular complexity index is 681. The normalized spacial score (nSPS) is 18.2. The highest BCUT2D eigenvalue weighted by molar-refractivity contribution is 14.0. The van der Waals surface area contributed by atoms with Gasteiger partial charge in [0.05, 0.1) is 6.54 Å². The number of hydrogen-bond acceptors (Lipinski definition) is 3. The molecule has 1 unspecified atom stereocenters. The van der Waals surface area contributed by atoms with Gasteiger partial charge in [-0.1, -0.05) is 19.9 Å². The molecule has 1 N–H and O–H groups in total. The lowest BCUT2D eigenvalue weighted by atomic mass is 9.97. The molecule has 2 aromatic rings. The first-order chi connectivity index (χ1) is 11.2. The predicted octanol–water partition coefficient (Wildman–Crippen LogP) is 2.79. The summed E-state index contributed by atoms with van der Waals surface area (Å²) < 4.78 is 2.01. The van der Waals surface area contributed by atoms with Crippen molar-refractivity contribution in [2.45, 2.75) is 33.2 Å². The molecule has 0 aromatic carbocycles. The molecule has 1 aliphatic rings. The molecule has 0 amide bonds. The van der Waals surface area contributed by atoms with Gasteiger partial charge in [-0.15, -0.1) is 34.2 Å². The molecule has 7 heteroatoms. The van der Waals surface area contributed by atoms with Crippen LogP contribution in [0.2, 0.25) is 0 Å². The number of nitrogens with one attached hydrogen (secondary N) is 1. The largest absolute Gasteiger partial charge is 0.349 e. The van der Waals surface area contributed by atoms with Crippen LogP contribution in [0.4, 0.5) is 0 Å². The summed E-state index contributed by atoms with van der Waals surface area (Å²) in [7, 11) is 1.85. The molecular weight excluding hydrogens is 415 g/mol. The maximum Gasteiger partial charge on any atom is 0.194 e. The lowest BCUT2D eigenvalue weighted by Gasteiger charge is -2.21. The van der Waals surface area contributed by atoms with E-state index in [9.17, 15) is 0 Å². The highest BCUT2D eigenvalue weighted by Gasteiger charge is 2.25. The molecule has 3 heterocycles. The fourth-order valence-electron chi connectivity index (χ4n) is 3.39. The summed E-state index contributed by atoms with van der Waals surface area (Å²) in [6, 6.07) is 5.92. The van der Waals surface area contributed by atoms with Gasteiger partial charge in [-0.2, -0.15) is 0 Å². The van der Waals surface area contributed by atoms with E-state index in [1.807, 2.05) is 35.8 Å². The van der Waals surface area contributed by atoms with Gasteiger partial charge in [0, 0.05) is 26.3 Å². The molecule has 3 rings (SSSR count). The molecule has 0 bridgehead atoms. The van der Waals surface area contributed by atoms with Gasteiger partial charge in [-0.25, -0.2) is 0 Å². The summed E-state index contributed by atoms with van der Waals surface area (Å²) in [5, 5.41) is 11.9. The lowest BCUT2D eigenvalue weighted by molar-refractivity contribution is 0.403. The van der Waals surface area contributed by atoms with Crippen LogP contribution in [0, 0.1) is 11.8 Å². The number of nitrogens with zero attached hydrogens (tertiary/aromatic N) is 5. The SMILES string of the molecule is CN=C(NCc1nnc2ccccn12)N1CCC(CC(C)C)C1.I. The van der Waals surface area contributed by atoms with Crippen molar-refractivity contribution < 1.29 is 0 Å².